The molecular weight excluding hydrogens is 439 g/mol. The maximum Gasteiger partial charge on any atom is 0.270 e. The van der Waals surface area contributed by atoms with Gasteiger partial charge in [0.1, 0.15) is 0 Å². The summed E-state index contributed by atoms with van der Waals surface area (Å²) in [5.41, 5.74) is 8.47. The zero-order chi connectivity index (χ0) is 17.0. The van der Waals surface area contributed by atoms with Crippen LogP contribution in [-0.4, -0.2) is 17.4 Å². The zero-order valence-electron chi connectivity index (χ0n) is 13.3. The van der Waals surface area contributed by atoms with Crippen LogP contribution in [0, 0.1) is 56.8 Å². The van der Waals surface area contributed by atoms with Gasteiger partial charge in [-0.1, -0.05) is 19.9 Å². The van der Waals surface area contributed by atoms with E-state index in [0.717, 1.165) is 0 Å². The monoisotopic (exact) mass is 455 g/mol. The predicted molar refractivity (Wildman–Crippen MR) is 86.9 cm³/mol. The molecule has 0 saturated carbocycles. The number of hydrogen-bond acceptors (Lipinski definition) is 5. The van der Waals surface area contributed by atoms with Crippen molar-refractivity contribution in [3.8, 4) is 11.5 Å². The van der Waals surface area contributed by atoms with Gasteiger partial charge in [0.2, 0.25) is 6.79 Å². The van der Waals surface area contributed by atoms with E-state index in [1.165, 1.54) is 18.2 Å². The molecule has 1 aliphatic rings. The van der Waals surface area contributed by atoms with Gasteiger partial charge in [0, 0.05) is 59.0 Å². The standard InChI is InChI=1S/C14H10N3O4.C2H6.Pr/c15-11-3-2-9(17(18)19)6-10(11)14(16)8-1-4-12-13(5-8)21-7-20-12;1-2;/h1-6,15-16H,7H2;1-2H3;/q-1;;. The largest absolute Gasteiger partial charge is 0.698 e. The maximum absolute atomic E-state index is 10.8. The Morgan fingerprint density at radius 3 is 2.50 bits per heavy atom. The van der Waals surface area contributed by atoms with Gasteiger partial charge in [0.15, 0.2) is 11.5 Å². The van der Waals surface area contributed by atoms with Crippen molar-refractivity contribution in [1.82, 2.24) is 0 Å². The molecule has 0 aromatic heterocycles. The molecule has 0 atom stereocenters. The second kappa shape index (κ2) is 8.94. The van der Waals surface area contributed by atoms with Crippen molar-refractivity contribution in [3.63, 3.8) is 0 Å². The number of nitro benzene ring substituents is 1. The third kappa shape index (κ3) is 4.21. The quantitative estimate of drug-likeness (QED) is 0.419. The minimum atomic E-state index is -0.546. The van der Waals surface area contributed by atoms with Crippen molar-refractivity contribution < 1.29 is 55.7 Å². The number of nitrogens with zero attached hydrogens (tertiary/aromatic N) is 1. The van der Waals surface area contributed by atoms with Gasteiger partial charge in [-0.25, -0.2) is 0 Å². The summed E-state index contributed by atoms with van der Waals surface area (Å²) >= 11 is 0. The van der Waals surface area contributed by atoms with Crippen LogP contribution in [0.25, 0.3) is 5.73 Å². The van der Waals surface area contributed by atoms with Crippen molar-refractivity contribution in [3.05, 3.63) is 63.4 Å². The smallest absolute Gasteiger partial charge is 0.270 e. The van der Waals surface area contributed by atoms with Gasteiger partial charge in [0.05, 0.1) is 10.6 Å². The van der Waals surface area contributed by atoms with Gasteiger partial charge < -0.3 is 15.2 Å². The molecule has 7 nitrogen and oxygen atoms in total. The molecular formula is C16H16N3O4Pr-. The van der Waals surface area contributed by atoms with Gasteiger partial charge in [-0.2, -0.15) is 0 Å². The molecule has 24 heavy (non-hydrogen) atoms. The van der Waals surface area contributed by atoms with E-state index >= 15 is 0 Å². The summed E-state index contributed by atoms with van der Waals surface area (Å²) in [7, 11) is 0. The van der Waals surface area contributed by atoms with Crippen molar-refractivity contribution in [2.75, 3.05) is 6.79 Å². The van der Waals surface area contributed by atoms with Crippen LogP contribution >= 0.6 is 0 Å². The Morgan fingerprint density at radius 1 is 1.17 bits per heavy atom. The van der Waals surface area contributed by atoms with Crippen molar-refractivity contribution in [1.29, 1.82) is 5.41 Å². The Hall–Kier alpha value is -1.73. The number of benzene rings is 2. The fraction of sp³-hybridized carbons (Fsp3) is 0.188. The van der Waals surface area contributed by atoms with Crippen LogP contribution in [0.2, 0.25) is 0 Å². The minimum Gasteiger partial charge on any atom is -0.698 e. The third-order valence-corrected chi connectivity index (χ3v) is 3.14. The van der Waals surface area contributed by atoms with Crippen LogP contribution < -0.4 is 9.47 Å². The Bertz CT molecular complexity index is 765. The van der Waals surface area contributed by atoms with E-state index in [2.05, 4.69) is 0 Å². The molecule has 0 amide bonds. The maximum atomic E-state index is 10.8. The molecule has 0 bridgehead atoms. The van der Waals surface area contributed by atoms with Crippen LogP contribution in [0.3, 0.4) is 0 Å². The molecule has 0 unspecified atom stereocenters. The van der Waals surface area contributed by atoms with E-state index in [4.69, 9.17) is 20.6 Å². The summed E-state index contributed by atoms with van der Waals surface area (Å²) in [6, 6.07) is 8.76. The minimum absolute atomic E-state index is 0. The van der Waals surface area contributed by atoms with Gasteiger partial charge >= 0.3 is 0 Å². The molecule has 2 aromatic carbocycles. The zero-order valence-corrected chi connectivity index (χ0v) is 17.0. The van der Waals surface area contributed by atoms with E-state index in [9.17, 15) is 10.1 Å². The third-order valence-electron chi connectivity index (χ3n) is 3.14. The van der Waals surface area contributed by atoms with E-state index < -0.39 is 4.92 Å². The Balaban J connectivity index is 0.000000925. The first-order valence-corrected chi connectivity index (χ1v) is 7.05. The molecule has 3 rings (SSSR count). The van der Waals surface area contributed by atoms with Gasteiger partial charge in [-0.3, -0.25) is 15.5 Å². The summed E-state index contributed by atoms with van der Waals surface area (Å²) in [4.78, 5) is 10.3. The fourth-order valence-electron chi connectivity index (χ4n) is 2.06. The van der Waals surface area contributed by atoms with E-state index in [1.54, 1.807) is 18.2 Å². The molecule has 1 radical (unpaired) electrons. The molecule has 0 aliphatic carbocycles. The van der Waals surface area contributed by atoms with E-state index in [-0.39, 0.29) is 70.7 Å². The van der Waals surface area contributed by atoms with Gasteiger partial charge in [-0.05, 0) is 23.8 Å². The van der Waals surface area contributed by atoms with Gasteiger partial charge in [-0.15, -0.1) is 5.69 Å². The molecule has 2 N–H and O–H groups in total. The second-order valence-corrected chi connectivity index (χ2v) is 4.43. The fourth-order valence-corrected chi connectivity index (χ4v) is 2.06. The predicted octanol–water partition coefficient (Wildman–Crippen LogP) is 4.45. The first-order valence-electron chi connectivity index (χ1n) is 7.05. The number of hydrogen-bond donors (Lipinski definition) is 1. The summed E-state index contributed by atoms with van der Waals surface area (Å²) in [6.07, 6.45) is 0. The molecule has 123 valence electrons. The van der Waals surface area contributed by atoms with Crippen LogP contribution in [0.15, 0.2) is 36.4 Å². The van der Waals surface area contributed by atoms with E-state index in [0.29, 0.717) is 17.1 Å². The van der Waals surface area contributed by atoms with Crippen LogP contribution in [0.1, 0.15) is 25.0 Å². The molecule has 1 heterocycles. The first-order chi connectivity index (χ1) is 11.1. The number of fused-ring (bicyclic) bond motifs is 1. The number of nitro groups is 1. The molecule has 8 heteroatoms. The van der Waals surface area contributed by atoms with Crippen LogP contribution in [0.4, 0.5) is 11.4 Å². The molecule has 1 aliphatic heterocycles. The normalized spacial score (nSPS) is 10.9. The summed E-state index contributed by atoms with van der Waals surface area (Å²) in [5, 5.41) is 19.0. The Kier molecular flexibility index (Phi) is 7.57. The van der Waals surface area contributed by atoms with Crippen LogP contribution in [-0.2, 0) is 0 Å². The first kappa shape index (κ1) is 20.3. The summed E-state index contributed by atoms with van der Waals surface area (Å²) < 4.78 is 10.4. The van der Waals surface area contributed by atoms with Gasteiger partial charge in [0.25, 0.3) is 5.69 Å². The number of rotatable bonds is 3. The molecule has 2 aromatic rings. The summed E-state index contributed by atoms with van der Waals surface area (Å²) in [6.45, 7) is 4.13. The van der Waals surface area contributed by atoms with Crippen LogP contribution in [0.5, 0.6) is 11.5 Å². The Morgan fingerprint density at radius 2 is 1.83 bits per heavy atom. The Labute approximate surface area is 172 Å². The van der Waals surface area contributed by atoms with E-state index in [1.807, 2.05) is 13.8 Å². The van der Waals surface area contributed by atoms with Crippen molar-refractivity contribution >= 4 is 17.1 Å². The average Bonchev–Trinajstić information content (AvgIpc) is 3.04. The van der Waals surface area contributed by atoms with Crippen molar-refractivity contribution in [2.45, 2.75) is 13.8 Å². The second-order valence-electron chi connectivity index (χ2n) is 4.43. The van der Waals surface area contributed by atoms with Crippen molar-refractivity contribution in [2.24, 2.45) is 0 Å². The average molecular weight is 455 g/mol. The molecule has 0 fully saturated rings. The number of non-ortho nitro benzene ring substituents is 1. The number of nitrogens with one attached hydrogen (secondary N) is 2. The molecule has 0 spiro atoms. The SMILES string of the molecule is CC.N=C(c1ccc2c(c1)OCO2)c1cc([N+](=O)[O-])ccc1[NH-].[Pr]. The number of ether oxygens (including phenoxy) is 2. The topological polar surface area (TPSA) is 109 Å². The molecule has 0 saturated heterocycles. The summed E-state index contributed by atoms with van der Waals surface area (Å²) in [5.74, 6) is 1.12.